The van der Waals surface area contributed by atoms with Crippen molar-refractivity contribution in [2.24, 2.45) is 0 Å². The van der Waals surface area contributed by atoms with E-state index in [1.54, 1.807) is 6.07 Å². The van der Waals surface area contributed by atoms with E-state index in [0.29, 0.717) is 5.56 Å². The van der Waals surface area contributed by atoms with Crippen molar-refractivity contribution in [1.82, 2.24) is 0 Å². The van der Waals surface area contributed by atoms with Crippen molar-refractivity contribution < 1.29 is 18.4 Å². The van der Waals surface area contributed by atoms with Gasteiger partial charge in [-0.2, -0.15) is 0 Å². The quantitative estimate of drug-likeness (QED) is 0.311. The summed E-state index contributed by atoms with van der Waals surface area (Å²) in [5.41, 5.74) is 5.67. The number of hydrogen-bond acceptors (Lipinski definition) is 4. The molecule has 0 bridgehead atoms. The molecule has 30 heavy (non-hydrogen) atoms. The highest BCUT2D eigenvalue weighted by atomic mass is 16.5. The Bertz CT molecular complexity index is 1500. The number of fused-ring (bicyclic) bond motifs is 6. The number of hydrogen-bond donors (Lipinski definition) is 0. The Labute approximate surface area is 172 Å². The van der Waals surface area contributed by atoms with Crippen molar-refractivity contribution in [2.75, 3.05) is 7.11 Å². The lowest BCUT2D eigenvalue weighted by molar-refractivity contribution is 0.0602. The van der Waals surface area contributed by atoms with Gasteiger partial charge in [0.2, 0.25) is 0 Å². The molecule has 1 aliphatic rings. The van der Waals surface area contributed by atoms with Crippen LogP contribution in [0.1, 0.15) is 28.1 Å². The van der Waals surface area contributed by atoms with Gasteiger partial charge in [-0.25, -0.2) is 4.79 Å². The topological polar surface area (TPSA) is 52.6 Å². The van der Waals surface area contributed by atoms with Gasteiger partial charge in [-0.1, -0.05) is 42.5 Å². The summed E-state index contributed by atoms with van der Waals surface area (Å²) in [7, 11) is 1.40. The van der Waals surface area contributed by atoms with Crippen LogP contribution in [0.5, 0.6) is 0 Å². The first-order valence-electron chi connectivity index (χ1n) is 10.00. The molecular weight excluding hydrogens is 376 g/mol. The van der Waals surface area contributed by atoms with Gasteiger partial charge in [0.05, 0.1) is 12.7 Å². The molecule has 6 rings (SSSR count). The summed E-state index contributed by atoms with van der Waals surface area (Å²) in [4.78, 5) is 12.7. The van der Waals surface area contributed by atoms with Crippen LogP contribution in [-0.2, 0) is 11.2 Å². The van der Waals surface area contributed by atoms with Crippen LogP contribution >= 0.6 is 0 Å². The van der Waals surface area contributed by atoms with E-state index in [1.165, 1.54) is 12.7 Å². The molecule has 0 saturated heterocycles. The SMILES string of the molecule is COC(=O)c1ccc2oc3ccccc3c2c1-c1cccc2c3c(oc12)C=CCC3. The second kappa shape index (κ2) is 6.36. The molecule has 0 unspecified atom stereocenters. The normalized spacial score (nSPS) is 13.2. The average Bonchev–Trinajstić information content (AvgIpc) is 3.36. The van der Waals surface area contributed by atoms with Crippen molar-refractivity contribution in [3.8, 4) is 11.1 Å². The molecule has 146 valence electrons. The van der Waals surface area contributed by atoms with Crippen LogP contribution < -0.4 is 0 Å². The summed E-state index contributed by atoms with van der Waals surface area (Å²) in [6.07, 6.45) is 6.12. The Morgan fingerprint density at radius 1 is 0.933 bits per heavy atom. The smallest absolute Gasteiger partial charge is 0.338 e. The molecular formula is C26H18O4. The molecule has 0 radical (unpaired) electrons. The molecule has 2 aromatic heterocycles. The number of allylic oxidation sites excluding steroid dienone is 1. The van der Waals surface area contributed by atoms with Gasteiger partial charge in [0, 0.05) is 32.8 Å². The number of furan rings is 2. The lowest BCUT2D eigenvalue weighted by atomic mass is 9.92. The summed E-state index contributed by atoms with van der Waals surface area (Å²) in [5.74, 6) is 0.512. The minimum absolute atomic E-state index is 0.384. The van der Waals surface area contributed by atoms with Gasteiger partial charge < -0.3 is 13.6 Å². The average molecular weight is 394 g/mol. The van der Waals surface area contributed by atoms with Gasteiger partial charge in [0.25, 0.3) is 0 Å². The second-order valence-corrected chi connectivity index (χ2v) is 7.52. The van der Waals surface area contributed by atoms with Crippen LogP contribution in [0, 0.1) is 0 Å². The zero-order valence-corrected chi connectivity index (χ0v) is 16.4. The molecule has 4 nitrogen and oxygen atoms in total. The minimum atomic E-state index is -0.384. The fourth-order valence-corrected chi connectivity index (χ4v) is 4.57. The Morgan fingerprint density at radius 3 is 2.70 bits per heavy atom. The first-order chi connectivity index (χ1) is 14.8. The van der Waals surface area contributed by atoms with Crippen molar-refractivity contribution in [3.63, 3.8) is 0 Å². The number of rotatable bonds is 2. The van der Waals surface area contributed by atoms with Crippen molar-refractivity contribution >= 4 is 45.0 Å². The zero-order chi connectivity index (χ0) is 20.2. The van der Waals surface area contributed by atoms with Crippen LogP contribution in [-0.4, -0.2) is 13.1 Å². The summed E-state index contributed by atoms with van der Waals surface area (Å²) >= 11 is 0. The third-order valence-corrected chi connectivity index (χ3v) is 5.90. The van der Waals surface area contributed by atoms with Gasteiger partial charge in [-0.05, 0) is 37.1 Å². The van der Waals surface area contributed by atoms with E-state index >= 15 is 0 Å². The van der Waals surface area contributed by atoms with Crippen LogP contribution in [0.4, 0.5) is 0 Å². The summed E-state index contributed by atoms with van der Waals surface area (Å²) in [5, 5.41) is 2.94. The fourth-order valence-electron chi connectivity index (χ4n) is 4.57. The first-order valence-corrected chi connectivity index (χ1v) is 10.00. The predicted octanol–water partition coefficient (Wildman–Crippen LogP) is 6.75. The fraction of sp³-hybridized carbons (Fsp3) is 0.115. The maximum absolute atomic E-state index is 12.7. The molecule has 0 amide bonds. The number of benzene rings is 3. The molecule has 3 aromatic carbocycles. The highest BCUT2D eigenvalue weighted by molar-refractivity contribution is 6.19. The third kappa shape index (κ3) is 2.31. The summed E-state index contributed by atoms with van der Waals surface area (Å²) in [6, 6.07) is 17.6. The van der Waals surface area contributed by atoms with Crippen LogP contribution in [0.3, 0.4) is 0 Å². The zero-order valence-electron chi connectivity index (χ0n) is 16.4. The molecule has 0 spiro atoms. The number of carbonyl (C=O) groups is 1. The van der Waals surface area contributed by atoms with Gasteiger partial charge in [0.1, 0.15) is 22.5 Å². The molecule has 0 fully saturated rings. The monoisotopic (exact) mass is 394 g/mol. The molecule has 0 saturated carbocycles. The van der Waals surface area contributed by atoms with Crippen LogP contribution in [0.15, 0.2) is 69.5 Å². The van der Waals surface area contributed by atoms with E-state index in [2.05, 4.69) is 12.1 Å². The van der Waals surface area contributed by atoms with Crippen molar-refractivity contribution in [1.29, 1.82) is 0 Å². The predicted molar refractivity (Wildman–Crippen MR) is 118 cm³/mol. The van der Waals surface area contributed by atoms with E-state index in [4.69, 9.17) is 13.6 Å². The highest BCUT2D eigenvalue weighted by Gasteiger charge is 2.24. The summed E-state index contributed by atoms with van der Waals surface area (Å²) < 4.78 is 17.5. The van der Waals surface area contributed by atoms with Gasteiger partial charge in [-0.3, -0.25) is 0 Å². The van der Waals surface area contributed by atoms with Crippen molar-refractivity contribution in [2.45, 2.75) is 12.8 Å². The lowest BCUT2D eigenvalue weighted by Gasteiger charge is -2.11. The van der Waals surface area contributed by atoms with Crippen molar-refractivity contribution in [3.05, 3.63) is 77.6 Å². The molecule has 1 aliphatic carbocycles. The molecule has 4 heteroatoms. The van der Waals surface area contributed by atoms with Gasteiger partial charge >= 0.3 is 5.97 Å². The van der Waals surface area contributed by atoms with E-state index < -0.39 is 0 Å². The standard InChI is InChI=1S/C26H18O4/c1-28-26(27)19-13-14-22-24(17-8-3-5-12-21(17)29-22)23(19)18-10-6-9-16-15-7-2-4-11-20(15)30-25(16)18/h3-6,8-14H,2,7H2,1H3. The minimum Gasteiger partial charge on any atom is -0.465 e. The van der Waals surface area contributed by atoms with E-state index in [1.807, 2.05) is 48.5 Å². The Hall–Kier alpha value is -3.79. The number of methoxy groups -OCH3 is 1. The number of para-hydroxylation sites is 2. The van der Waals surface area contributed by atoms with E-state index in [9.17, 15) is 4.79 Å². The Kier molecular flexibility index (Phi) is 3.62. The number of ether oxygens (including phenoxy) is 1. The first kappa shape index (κ1) is 17.1. The van der Waals surface area contributed by atoms with Gasteiger partial charge in [0.15, 0.2) is 0 Å². The van der Waals surface area contributed by atoms with Crippen LogP contribution in [0.2, 0.25) is 0 Å². The van der Waals surface area contributed by atoms with Crippen LogP contribution in [0.25, 0.3) is 50.1 Å². The maximum atomic E-state index is 12.7. The molecule has 0 N–H and O–H groups in total. The molecule has 2 heterocycles. The second-order valence-electron chi connectivity index (χ2n) is 7.52. The van der Waals surface area contributed by atoms with Gasteiger partial charge in [-0.15, -0.1) is 0 Å². The molecule has 0 aliphatic heterocycles. The maximum Gasteiger partial charge on any atom is 0.338 e. The molecule has 0 atom stereocenters. The largest absolute Gasteiger partial charge is 0.465 e. The molecule has 5 aromatic rings. The third-order valence-electron chi connectivity index (χ3n) is 5.90. The number of esters is 1. The highest BCUT2D eigenvalue weighted by Crippen LogP contribution is 2.43. The van der Waals surface area contributed by atoms with E-state index in [0.717, 1.165) is 62.6 Å². The van der Waals surface area contributed by atoms with E-state index in [-0.39, 0.29) is 5.97 Å². The lowest BCUT2D eigenvalue weighted by Crippen LogP contribution is -2.04. The summed E-state index contributed by atoms with van der Waals surface area (Å²) in [6.45, 7) is 0. The Balaban J connectivity index is 1.79. The Morgan fingerprint density at radius 2 is 1.80 bits per heavy atom. The number of carbonyl (C=O) groups excluding carboxylic acids is 1. The number of aryl methyl sites for hydroxylation is 1.